The van der Waals surface area contributed by atoms with E-state index in [1.807, 2.05) is 44.2 Å². The van der Waals surface area contributed by atoms with E-state index in [0.29, 0.717) is 17.0 Å². The number of amides is 2. The standard InChI is InChI=1S/C23H21BrN2O3/c1-15-7-8-16(2)20(13-15)26-23(28)19-5-3-4-6-21(19)29-14-22(27)25-18-11-9-17(24)10-12-18/h3-13H,14H2,1-2H3,(H,25,27)(H,26,28). The molecule has 148 valence electrons. The molecule has 6 heteroatoms. The van der Waals surface area contributed by atoms with Gasteiger partial charge in [0.05, 0.1) is 5.56 Å². The maximum Gasteiger partial charge on any atom is 0.262 e. The highest BCUT2D eigenvalue weighted by Crippen LogP contribution is 2.22. The van der Waals surface area contributed by atoms with Crippen molar-refractivity contribution < 1.29 is 14.3 Å². The largest absolute Gasteiger partial charge is 0.483 e. The van der Waals surface area contributed by atoms with Gasteiger partial charge >= 0.3 is 0 Å². The molecule has 0 radical (unpaired) electrons. The highest BCUT2D eigenvalue weighted by atomic mass is 79.9. The summed E-state index contributed by atoms with van der Waals surface area (Å²) in [5.41, 5.74) is 3.81. The van der Waals surface area contributed by atoms with E-state index < -0.39 is 0 Å². The highest BCUT2D eigenvalue weighted by molar-refractivity contribution is 9.10. The topological polar surface area (TPSA) is 67.4 Å². The van der Waals surface area contributed by atoms with E-state index in [0.717, 1.165) is 21.3 Å². The summed E-state index contributed by atoms with van der Waals surface area (Å²) < 4.78 is 6.55. The maximum atomic E-state index is 12.8. The average molecular weight is 453 g/mol. The van der Waals surface area contributed by atoms with Crippen LogP contribution in [0.25, 0.3) is 0 Å². The second-order valence-corrected chi connectivity index (χ2v) is 7.53. The van der Waals surface area contributed by atoms with E-state index >= 15 is 0 Å². The number of hydrogen-bond acceptors (Lipinski definition) is 3. The van der Waals surface area contributed by atoms with Crippen LogP contribution in [0.1, 0.15) is 21.5 Å². The van der Waals surface area contributed by atoms with Crippen molar-refractivity contribution >= 4 is 39.1 Å². The van der Waals surface area contributed by atoms with Gasteiger partial charge in [-0.25, -0.2) is 0 Å². The van der Waals surface area contributed by atoms with Crippen molar-refractivity contribution in [1.82, 2.24) is 0 Å². The first-order chi connectivity index (χ1) is 13.9. The summed E-state index contributed by atoms with van der Waals surface area (Å²) in [6, 6.07) is 20.0. The lowest BCUT2D eigenvalue weighted by molar-refractivity contribution is -0.118. The lowest BCUT2D eigenvalue weighted by Crippen LogP contribution is -2.21. The van der Waals surface area contributed by atoms with Gasteiger partial charge in [0, 0.05) is 15.8 Å². The molecule has 0 atom stereocenters. The Bertz CT molecular complexity index is 1030. The third kappa shape index (κ3) is 5.68. The van der Waals surface area contributed by atoms with Crippen molar-refractivity contribution in [3.63, 3.8) is 0 Å². The van der Waals surface area contributed by atoms with Crippen molar-refractivity contribution in [1.29, 1.82) is 0 Å². The quantitative estimate of drug-likeness (QED) is 0.530. The summed E-state index contributed by atoms with van der Waals surface area (Å²) in [6.45, 7) is 3.70. The number of halogens is 1. The number of rotatable bonds is 6. The van der Waals surface area contributed by atoms with Crippen LogP contribution in [0.5, 0.6) is 5.75 Å². The van der Waals surface area contributed by atoms with Crippen LogP contribution in [0.2, 0.25) is 0 Å². The second kappa shape index (κ2) is 9.39. The Hall–Kier alpha value is -3.12. The van der Waals surface area contributed by atoms with Crippen LogP contribution in [0, 0.1) is 13.8 Å². The van der Waals surface area contributed by atoms with Crippen molar-refractivity contribution in [3.8, 4) is 5.75 Å². The van der Waals surface area contributed by atoms with E-state index in [-0.39, 0.29) is 18.4 Å². The Morgan fingerprint density at radius 3 is 2.41 bits per heavy atom. The van der Waals surface area contributed by atoms with E-state index in [1.165, 1.54) is 0 Å². The number of benzene rings is 3. The minimum Gasteiger partial charge on any atom is -0.483 e. The van der Waals surface area contributed by atoms with Crippen molar-refractivity contribution in [2.75, 3.05) is 17.2 Å². The van der Waals surface area contributed by atoms with Crippen LogP contribution < -0.4 is 15.4 Å². The Balaban J connectivity index is 1.66. The van der Waals surface area contributed by atoms with Crippen LogP contribution in [0.4, 0.5) is 11.4 Å². The third-order valence-electron chi connectivity index (χ3n) is 4.26. The monoisotopic (exact) mass is 452 g/mol. The molecular weight excluding hydrogens is 432 g/mol. The fourth-order valence-corrected chi connectivity index (χ4v) is 2.98. The van der Waals surface area contributed by atoms with Crippen LogP contribution in [-0.2, 0) is 4.79 Å². The zero-order valence-corrected chi connectivity index (χ0v) is 17.7. The molecule has 3 aromatic carbocycles. The van der Waals surface area contributed by atoms with Crippen molar-refractivity contribution in [2.45, 2.75) is 13.8 Å². The molecule has 0 saturated heterocycles. The average Bonchev–Trinajstić information content (AvgIpc) is 2.71. The number of para-hydroxylation sites is 1. The van der Waals surface area contributed by atoms with Crippen LogP contribution in [0.15, 0.2) is 71.2 Å². The lowest BCUT2D eigenvalue weighted by atomic mass is 10.1. The van der Waals surface area contributed by atoms with E-state index in [4.69, 9.17) is 4.74 Å². The van der Waals surface area contributed by atoms with Crippen LogP contribution in [0.3, 0.4) is 0 Å². The molecule has 0 aliphatic carbocycles. The molecule has 2 N–H and O–H groups in total. The second-order valence-electron chi connectivity index (χ2n) is 6.61. The third-order valence-corrected chi connectivity index (χ3v) is 4.79. The summed E-state index contributed by atoms with van der Waals surface area (Å²) in [4.78, 5) is 24.9. The normalized spacial score (nSPS) is 10.3. The predicted molar refractivity (Wildman–Crippen MR) is 119 cm³/mol. The predicted octanol–water partition coefficient (Wildman–Crippen LogP) is 5.34. The van der Waals surface area contributed by atoms with Gasteiger partial charge in [0.25, 0.3) is 11.8 Å². The summed E-state index contributed by atoms with van der Waals surface area (Å²) in [5.74, 6) is -0.249. The minimum absolute atomic E-state index is 0.205. The molecule has 0 fully saturated rings. The zero-order valence-electron chi connectivity index (χ0n) is 16.2. The molecule has 5 nitrogen and oxygen atoms in total. The minimum atomic E-state index is -0.308. The molecule has 0 heterocycles. The first-order valence-electron chi connectivity index (χ1n) is 9.08. The number of nitrogens with one attached hydrogen (secondary N) is 2. The molecule has 0 aliphatic heterocycles. The summed E-state index contributed by atoms with van der Waals surface area (Å²) in [5, 5.41) is 5.67. The Labute approximate surface area is 178 Å². The molecular formula is C23H21BrN2O3. The molecule has 0 saturated carbocycles. The molecule has 0 aromatic heterocycles. The van der Waals surface area contributed by atoms with Crippen LogP contribution >= 0.6 is 15.9 Å². The molecule has 3 rings (SSSR count). The highest BCUT2D eigenvalue weighted by Gasteiger charge is 2.14. The van der Waals surface area contributed by atoms with Gasteiger partial charge < -0.3 is 15.4 Å². The lowest BCUT2D eigenvalue weighted by Gasteiger charge is -2.13. The van der Waals surface area contributed by atoms with Gasteiger partial charge in [0.15, 0.2) is 6.61 Å². The number of anilines is 2. The molecule has 0 aliphatic rings. The van der Waals surface area contributed by atoms with Gasteiger partial charge in [-0.3, -0.25) is 9.59 Å². The molecule has 29 heavy (non-hydrogen) atoms. The van der Waals surface area contributed by atoms with Gasteiger partial charge in [-0.1, -0.05) is 40.2 Å². The van der Waals surface area contributed by atoms with Crippen molar-refractivity contribution in [3.05, 3.63) is 87.9 Å². The number of aryl methyl sites for hydroxylation is 2. The van der Waals surface area contributed by atoms with E-state index in [2.05, 4.69) is 26.6 Å². The molecule has 2 amide bonds. The fraction of sp³-hybridized carbons (Fsp3) is 0.130. The Kier molecular flexibility index (Phi) is 6.67. The van der Waals surface area contributed by atoms with Gasteiger partial charge in [-0.15, -0.1) is 0 Å². The van der Waals surface area contributed by atoms with Crippen LogP contribution in [-0.4, -0.2) is 18.4 Å². The first-order valence-corrected chi connectivity index (χ1v) is 9.87. The number of carbonyl (C=O) groups is 2. The van der Waals surface area contributed by atoms with Gasteiger partial charge in [0.2, 0.25) is 0 Å². The molecule has 3 aromatic rings. The fourth-order valence-electron chi connectivity index (χ4n) is 2.71. The Morgan fingerprint density at radius 1 is 0.931 bits per heavy atom. The summed E-state index contributed by atoms with van der Waals surface area (Å²) in [6.07, 6.45) is 0. The first kappa shape index (κ1) is 20.6. The van der Waals surface area contributed by atoms with Crippen molar-refractivity contribution in [2.24, 2.45) is 0 Å². The zero-order chi connectivity index (χ0) is 20.8. The van der Waals surface area contributed by atoms with Gasteiger partial charge in [0.1, 0.15) is 5.75 Å². The summed E-state index contributed by atoms with van der Waals surface area (Å²) >= 11 is 3.35. The number of hydrogen-bond donors (Lipinski definition) is 2. The maximum absolute atomic E-state index is 12.8. The van der Waals surface area contributed by atoms with Gasteiger partial charge in [-0.2, -0.15) is 0 Å². The SMILES string of the molecule is Cc1ccc(C)c(NC(=O)c2ccccc2OCC(=O)Nc2ccc(Br)cc2)c1. The van der Waals surface area contributed by atoms with Gasteiger partial charge in [-0.05, 0) is 67.4 Å². The number of ether oxygens (including phenoxy) is 1. The molecule has 0 spiro atoms. The van der Waals surface area contributed by atoms with E-state index in [9.17, 15) is 9.59 Å². The smallest absolute Gasteiger partial charge is 0.262 e. The Morgan fingerprint density at radius 2 is 1.66 bits per heavy atom. The summed E-state index contributed by atoms with van der Waals surface area (Å²) in [7, 11) is 0. The number of carbonyl (C=O) groups excluding carboxylic acids is 2. The molecule has 0 bridgehead atoms. The van der Waals surface area contributed by atoms with E-state index in [1.54, 1.807) is 36.4 Å². The molecule has 0 unspecified atom stereocenters.